The highest BCUT2D eigenvalue weighted by molar-refractivity contribution is 6.27. The quantitative estimate of drug-likeness (QED) is 0.0683. The summed E-state index contributed by atoms with van der Waals surface area (Å²) in [6, 6.07) is 15.4. The summed E-state index contributed by atoms with van der Waals surface area (Å²) < 4.78 is 0. The van der Waals surface area contributed by atoms with E-state index < -0.39 is 0 Å². The van der Waals surface area contributed by atoms with Gasteiger partial charge in [0.15, 0.2) is 0 Å². The normalized spacial score (nSPS) is 11.9. The van der Waals surface area contributed by atoms with E-state index >= 15 is 0 Å². The minimum absolute atomic E-state index is 0.758. The lowest BCUT2D eigenvalue weighted by atomic mass is 9.88. The van der Waals surface area contributed by atoms with Crippen LogP contribution in [0.25, 0.3) is 32.3 Å². The summed E-state index contributed by atoms with van der Waals surface area (Å²) in [6.07, 6.45) is 27.7. The molecule has 0 aromatic heterocycles. The highest BCUT2D eigenvalue weighted by Crippen LogP contribution is 2.42. The molecule has 4 aromatic rings. The Morgan fingerprint density at radius 1 is 0.436 bits per heavy atom. The first kappa shape index (κ1) is 29.5. The molecule has 39 heavy (non-hydrogen) atoms. The summed E-state index contributed by atoms with van der Waals surface area (Å²) in [4.78, 5) is 0. The summed E-state index contributed by atoms with van der Waals surface area (Å²) >= 11 is 0. The number of nitrogen functional groups attached to an aromatic ring is 2. The molecule has 212 valence electrons. The average molecular weight is 527 g/mol. The van der Waals surface area contributed by atoms with Crippen LogP contribution in [0.2, 0.25) is 0 Å². The maximum Gasteiger partial charge on any atom is 0.0630 e. The van der Waals surface area contributed by atoms with Gasteiger partial charge in [-0.2, -0.15) is 0 Å². The Morgan fingerprint density at radius 2 is 0.872 bits per heavy atom. The smallest absolute Gasteiger partial charge is 0.0630 e. The molecule has 2 heteroatoms. The Kier molecular flexibility index (Phi) is 12.1. The van der Waals surface area contributed by atoms with Crippen molar-refractivity contribution in [2.24, 2.45) is 0 Å². The number of aryl methyl sites for hydroxylation is 1. The molecule has 0 aliphatic rings. The van der Waals surface area contributed by atoms with Crippen LogP contribution in [0.5, 0.6) is 0 Å². The maximum atomic E-state index is 6.61. The van der Waals surface area contributed by atoms with Gasteiger partial charge in [0, 0.05) is 5.39 Å². The molecule has 0 saturated carbocycles. The van der Waals surface area contributed by atoms with E-state index in [-0.39, 0.29) is 0 Å². The zero-order valence-corrected chi connectivity index (χ0v) is 24.8. The van der Waals surface area contributed by atoms with E-state index in [0.717, 1.165) is 23.2 Å². The number of nitrogens with two attached hydrogens (primary N) is 2. The number of hydrogen-bond donors (Lipinski definition) is 2. The first-order chi connectivity index (χ1) is 19.2. The molecule has 4 rings (SSSR count). The van der Waals surface area contributed by atoms with Crippen molar-refractivity contribution in [3.63, 3.8) is 0 Å². The van der Waals surface area contributed by atoms with Gasteiger partial charge in [0.25, 0.3) is 0 Å². The van der Waals surface area contributed by atoms with Crippen LogP contribution < -0.4 is 11.5 Å². The van der Waals surface area contributed by atoms with Gasteiger partial charge in [0.2, 0.25) is 0 Å². The minimum Gasteiger partial charge on any atom is -0.397 e. The molecule has 0 fully saturated rings. The van der Waals surface area contributed by atoms with Crippen LogP contribution in [0.4, 0.5) is 11.4 Å². The molecule has 0 unspecified atom stereocenters. The zero-order chi connectivity index (χ0) is 27.3. The van der Waals surface area contributed by atoms with Crippen LogP contribution in [-0.4, -0.2) is 0 Å². The second kappa shape index (κ2) is 15.9. The van der Waals surface area contributed by atoms with E-state index in [9.17, 15) is 0 Å². The van der Waals surface area contributed by atoms with Crippen LogP contribution in [0.3, 0.4) is 0 Å². The zero-order valence-electron chi connectivity index (χ0n) is 24.8. The van der Waals surface area contributed by atoms with E-state index in [1.54, 1.807) is 0 Å². The van der Waals surface area contributed by atoms with Crippen LogP contribution in [0.15, 0.2) is 42.5 Å². The summed E-state index contributed by atoms with van der Waals surface area (Å²) in [6.45, 7) is 2.30. The van der Waals surface area contributed by atoms with E-state index in [4.69, 9.17) is 11.5 Å². The number of unbranched alkanes of at least 4 members (excludes halogenated alkanes) is 18. The minimum atomic E-state index is 0.758. The van der Waals surface area contributed by atoms with Gasteiger partial charge in [-0.15, -0.1) is 0 Å². The molecule has 0 aliphatic carbocycles. The van der Waals surface area contributed by atoms with Crippen molar-refractivity contribution in [2.45, 2.75) is 135 Å². The van der Waals surface area contributed by atoms with E-state index in [1.165, 1.54) is 154 Å². The van der Waals surface area contributed by atoms with E-state index in [1.807, 2.05) is 0 Å². The molecule has 0 atom stereocenters. The lowest BCUT2D eigenvalue weighted by Gasteiger charge is -2.18. The Balaban J connectivity index is 1.08. The summed E-state index contributed by atoms with van der Waals surface area (Å²) in [5.74, 6) is 0. The van der Waals surface area contributed by atoms with Crippen molar-refractivity contribution in [3.05, 3.63) is 48.0 Å². The van der Waals surface area contributed by atoms with Gasteiger partial charge >= 0.3 is 0 Å². The van der Waals surface area contributed by atoms with Gasteiger partial charge < -0.3 is 11.5 Å². The fourth-order valence-electron chi connectivity index (χ4n) is 6.66. The van der Waals surface area contributed by atoms with Gasteiger partial charge in [0.05, 0.1) is 11.4 Å². The van der Waals surface area contributed by atoms with Crippen molar-refractivity contribution in [1.82, 2.24) is 0 Å². The lowest BCUT2D eigenvalue weighted by Crippen LogP contribution is -2.03. The fraction of sp³-hybridized carbons (Fsp3) is 0.568. The Morgan fingerprint density at radius 3 is 1.36 bits per heavy atom. The number of hydrogen-bond acceptors (Lipinski definition) is 2. The predicted octanol–water partition coefficient (Wildman–Crippen LogP) is 11.7. The Hall–Kier alpha value is -2.48. The van der Waals surface area contributed by atoms with Gasteiger partial charge in [0.1, 0.15) is 0 Å². The first-order valence-electron chi connectivity index (χ1n) is 16.5. The highest BCUT2D eigenvalue weighted by atomic mass is 14.7. The van der Waals surface area contributed by atoms with Crippen molar-refractivity contribution in [3.8, 4) is 0 Å². The SMILES string of the molecule is CCCCCCCCCCCCCCCCCCCCCc1c(N)c(N)c2ccc3cccc4ccc1c2c34. The summed E-state index contributed by atoms with van der Waals surface area (Å²) in [7, 11) is 0. The third-order valence-corrected chi connectivity index (χ3v) is 9.04. The number of benzene rings is 4. The molecule has 0 aliphatic heterocycles. The number of rotatable bonds is 20. The standard InChI is InChI=1S/C37H54N2/c1-2-3-4-5-6-7-8-9-10-11-12-13-14-15-16-17-18-19-20-24-32-31-27-25-29-22-21-23-30-26-28-33(35(31)34(29)30)37(39)36(32)38/h21-23,25-28H,2-20,24,38-39H2,1H3. The summed E-state index contributed by atoms with van der Waals surface area (Å²) in [5, 5.41) is 7.58. The Labute approximate surface area is 238 Å². The van der Waals surface area contributed by atoms with Gasteiger partial charge in [-0.1, -0.05) is 165 Å². The highest BCUT2D eigenvalue weighted by Gasteiger charge is 2.16. The second-order valence-corrected chi connectivity index (χ2v) is 12.1. The molecule has 4 aromatic carbocycles. The molecule has 0 bridgehead atoms. The monoisotopic (exact) mass is 526 g/mol. The molecule has 0 spiro atoms. The topological polar surface area (TPSA) is 52.0 Å². The molecule has 0 amide bonds. The fourth-order valence-corrected chi connectivity index (χ4v) is 6.66. The third kappa shape index (κ3) is 8.03. The van der Waals surface area contributed by atoms with Crippen LogP contribution in [0, 0.1) is 0 Å². The van der Waals surface area contributed by atoms with Crippen molar-refractivity contribution in [1.29, 1.82) is 0 Å². The van der Waals surface area contributed by atoms with Crippen LogP contribution >= 0.6 is 0 Å². The second-order valence-electron chi connectivity index (χ2n) is 12.1. The van der Waals surface area contributed by atoms with E-state index in [2.05, 4.69) is 49.4 Å². The summed E-state index contributed by atoms with van der Waals surface area (Å²) in [5.41, 5.74) is 16.0. The van der Waals surface area contributed by atoms with Gasteiger partial charge in [-0.05, 0) is 45.3 Å². The molecule has 2 nitrogen and oxygen atoms in total. The van der Waals surface area contributed by atoms with Gasteiger partial charge in [-0.3, -0.25) is 0 Å². The van der Waals surface area contributed by atoms with Gasteiger partial charge in [-0.25, -0.2) is 0 Å². The predicted molar refractivity (Wildman–Crippen MR) is 176 cm³/mol. The lowest BCUT2D eigenvalue weighted by molar-refractivity contribution is 0.523. The largest absolute Gasteiger partial charge is 0.397 e. The molecule has 0 heterocycles. The van der Waals surface area contributed by atoms with Crippen LogP contribution in [-0.2, 0) is 6.42 Å². The molecule has 4 N–H and O–H groups in total. The molecular formula is C37H54N2. The number of anilines is 2. The van der Waals surface area contributed by atoms with Crippen molar-refractivity contribution >= 4 is 43.7 Å². The maximum absolute atomic E-state index is 6.61. The molecular weight excluding hydrogens is 472 g/mol. The Bertz CT molecular complexity index is 1240. The average Bonchev–Trinajstić information content (AvgIpc) is 2.96. The first-order valence-corrected chi connectivity index (χ1v) is 16.5. The molecule has 0 saturated heterocycles. The van der Waals surface area contributed by atoms with Crippen molar-refractivity contribution in [2.75, 3.05) is 11.5 Å². The molecule has 0 radical (unpaired) electrons. The third-order valence-electron chi connectivity index (χ3n) is 9.04. The van der Waals surface area contributed by atoms with Crippen LogP contribution in [0.1, 0.15) is 134 Å². The van der Waals surface area contributed by atoms with E-state index in [0.29, 0.717) is 0 Å². The van der Waals surface area contributed by atoms with Crippen molar-refractivity contribution < 1.29 is 0 Å².